The summed E-state index contributed by atoms with van der Waals surface area (Å²) in [6.07, 6.45) is 0. The average molecular weight is 396 g/mol. The van der Waals surface area contributed by atoms with Crippen molar-refractivity contribution in [2.24, 2.45) is 0 Å². The van der Waals surface area contributed by atoms with Crippen LogP contribution < -0.4 is 0 Å². The molecule has 1 heterocycles. The number of aryl methyl sites for hydroxylation is 2. The number of carbonyl (C=O) groups is 1. The topological polar surface area (TPSA) is 57.0 Å². The fourth-order valence-corrected chi connectivity index (χ4v) is 3.48. The van der Waals surface area contributed by atoms with E-state index in [4.69, 9.17) is 4.74 Å². The van der Waals surface area contributed by atoms with Gasteiger partial charge in [0, 0.05) is 11.3 Å². The van der Waals surface area contributed by atoms with Crippen LogP contribution in [0, 0.1) is 13.8 Å². The van der Waals surface area contributed by atoms with E-state index in [1.807, 2.05) is 62.6 Å². The highest BCUT2D eigenvalue weighted by atomic mass is 32.2. The van der Waals surface area contributed by atoms with E-state index in [-0.39, 0.29) is 11.7 Å². The second-order valence-corrected chi connectivity index (χ2v) is 8.66. The maximum absolute atomic E-state index is 12.1. The number of thioether (sulfide) groups is 1. The van der Waals surface area contributed by atoms with Gasteiger partial charge in [-0.15, -0.1) is 10.2 Å². The van der Waals surface area contributed by atoms with Crippen LogP contribution >= 0.6 is 11.8 Å². The van der Waals surface area contributed by atoms with Crippen LogP contribution in [0.2, 0.25) is 0 Å². The first-order valence-corrected chi connectivity index (χ1v) is 10.2. The summed E-state index contributed by atoms with van der Waals surface area (Å²) in [4.78, 5) is 12.1. The standard InChI is InChI=1S/C22H25N3O2S/c1-15-9-11-18(12-10-15)25-20(17-8-6-7-16(2)13-17)23-24-21(25)28-14-19(26)27-22(3,4)5/h6-13H,14H2,1-5H3. The molecule has 0 aliphatic rings. The number of carbonyl (C=O) groups excluding carboxylic acids is 1. The smallest absolute Gasteiger partial charge is 0.316 e. The van der Waals surface area contributed by atoms with Gasteiger partial charge in [0.25, 0.3) is 0 Å². The van der Waals surface area contributed by atoms with Crippen molar-refractivity contribution in [3.05, 3.63) is 59.7 Å². The lowest BCUT2D eigenvalue weighted by atomic mass is 10.1. The monoisotopic (exact) mass is 395 g/mol. The quantitative estimate of drug-likeness (QED) is 0.450. The molecule has 3 rings (SSSR count). The zero-order valence-electron chi connectivity index (χ0n) is 16.9. The molecule has 3 aromatic rings. The van der Waals surface area contributed by atoms with Crippen molar-refractivity contribution in [3.63, 3.8) is 0 Å². The van der Waals surface area contributed by atoms with E-state index in [0.29, 0.717) is 5.16 Å². The molecule has 0 aliphatic carbocycles. The molecule has 0 saturated heterocycles. The molecule has 0 amide bonds. The summed E-state index contributed by atoms with van der Waals surface area (Å²) in [7, 11) is 0. The molecule has 0 bridgehead atoms. The Labute approximate surface area is 170 Å². The summed E-state index contributed by atoms with van der Waals surface area (Å²) in [6, 6.07) is 16.3. The van der Waals surface area contributed by atoms with Gasteiger partial charge in [0.05, 0.1) is 5.75 Å². The third-order valence-electron chi connectivity index (χ3n) is 3.94. The molecule has 0 fully saturated rings. The third kappa shape index (κ3) is 5.01. The van der Waals surface area contributed by atoms with Gasteiger partial charge in [-0.2, -0.15) is 0 Å². The highest BCUT2D eigenvalue weighted by Crippen LogP contribution is 2.29. The molecule has 1 aromatic heterocycles. The van der Waals surface area contributed by atoms with E-state index < -0.39 is 5.60 Å². The SMILES string of the molecule is Cc1ccc(-n2c(SCC(=O)OC(C)(C)C)nnc2-c2cccc(C)c2)cc1. The van der Waals surface area contributed by atoms with E-state index in [9.17, 15) is 4.79 Å². The normalized spacial score (nSPS) is 11.5. The van der Waals surface area contributed by atoms with E-state index in [1.165, 1.54) is 17.3 Å². The Kier molecular flexibility index (Phi) is 5.89. The third-order valence-corrected chi connectivity index (χ3v) is 4.84. The minimum atomic E-state index is -0.505. The van der Waals surface area contributed by atoms with E-state index >= 15 is 0 Å². The second kappa shape index (κ2) is 8.19. The number of hydrogen-bond donors (Lipinski definition) is 0. The molecule has 146 valence electrons. The number of aromatic nitrogens is 3. The molecule has 0 spiro atoms. The fraction of sp³-hybridized carbons (Fsp3) is 0.318. The summed E-state index contributed by atoms with van der Waals surface area (Å²) in [5.41, 5.74) is 3.77. The van der Waals surface area contributed by atoms with Gasteiger partial charge in [0.1, 0.15) is 5.60 Å². The molecule has 28 heavy (non-hydrogen) atoms. The molecule has 0 atom stereocenters. The predicted octanol–water partition coefficient (Wildman–Crippen LogP) is 4.98. The van der Waals surface area contributed by atoms with E-state index in [1.54, 1.807) is 0 Å². The van der Waals surface area contributed by atoms with Crippen LogP contribution in [0.1, 0.15) is 31.9 Å². The van der Waals surface area contributed by atoms with Crippen molar-refractivity contribution in [3.8, 4) is 17.1 Å². The van der Waals surface area contributed by atoms with Crippen molar-refractivity contribution in [2.75, 3.05) is 5.75 Å². The van der Waals surface area contributed by atoms with Gasteiger partial charge in [0.15, 0.2) is 11.0 Å². The largest absolute Gasteiger partial charge is 0.459 e. The number of hydrogen-bond acceptors (Lipinski definition) is 5. The number of ether oxygens (including phenoxy) is 1. The Morgan fingerprint density at radius 2 is 1.75 bits per heavy atom. The maximum Gasteiger partial charge on any atom is 0.316 e. The number of rotatable bonds is 5. The zero-order chi connectivity index (χ0) is 20.3. The van der Waals surface area contributed by atoms with Gasteiger partial charge in [-0.25, -0.2) is 0 Å². The first-order chi connectivity index (χ1) is 13.2. The highest BCUT2D eigenvalue weighted by Gasteiger charge is 2.20. The molecule has 2 aromatic carbocycles. The van der Waals surface area contributed by atoms with Crippen LogP contribution in [0.3, 0.4) is 0 Å². The van der Waals surface area contributed by atoms with Gasteiger partial charge < -0.3 is 4.74 Å². The first kappa shape index (κ1) is 20.1. The summed E-state index contributed by atoms with van der Waals surface area (Å²) < 4.78 is 7.40. The molecule has 0 unspecified atom stereocenters. The zero-order valence-corrected chi connectivity index (χ0v) is 17.7. The first-order valence-electron chi connectivity index (χ1n) is 9.17. The minimum Gasteiger partial charge on any atom is -0.459 e. The van der Waals surface area contributed by atoms with Crippen molar-refractivity contribution in [2.45, 2.75) is 45.4 Å². The van der Waals surface area contributed by atoms with E-state index in [2.05, 4.69) is 35.3 Å². The number of nitrogens with zero attached hydrogens (tertiary/aromatic N) is 3. The molecular formula is C22H25N3O2S. The second-order valence-electron chi connectivity index (χ2n) is 7.72. The molecule has 6 heteroatoms. The van der Waals surface area contributed by atoms with Gasteiger partial charge >= 0.3 is 5.97 Å². The lowest BCUT2D eigenvalue weighted by molar-refractivity contribution is -0.151. The van der Waals surface area contributed by atoms with Crippen molar-refractivity contribution in [1.82, 2.24) is 14.8 Å². The lowest BCUT2D eigenvalue weighted by Gasteiger charge is -2.19. The summed E-state index contributed by atoms with van der Waals surface area (Å²) in [5.74, 6) is 0.655. The Morgan fingerprint density at radius 3 is 2.39 bits per heavy atom. The Morgan fingerprint density at radius 1 is 1.04 bits per heavy atom. The van der Waals surface area contributed by atoms with Crippen LogP contribution in [0.5, 0.6) is 0 Å². The molecule has 0 aliphatic heterocycles. The van der Waals surface area contributed by atoms with E-state index in [0.717, 1.165) is 22.6 Å². The lowest BCUT2D eigenvalue weighted by Crippen LogP contribution is -2.25. The van der Waals surface area contributed by atoms with Gasteiger partial charge in [-0.05, 0) is 52.8 Å². The molecule has 5 nitrogen and oxygen atoms in total. The van der Waals surface area contributed by atoms with Crippen molar-refractivity contribution >= 4 is 17.7 Å². The van der Waals surface area contributed by atoms with Crippen LogP contribution in [0.25, 0.3) is 17.1 Å². The van der Waals surface area contributed by atoms with Gasteiger partial charge in [-0.3, -0.25) is 9.36 Å². The molecular weight excluding hydrogens is 370 g/mol. The van der Waals surface area contributed by atoms with Crippen molar-refractivity contribution < 1.29 is 9.53 Å². The summed E-state index contributed by atoms with van der Waals surface area (Å²) in [5, 5.41) is 9.43. The van der Waals surface area contributed by atoms with Crippen LogP contribution in [-0.4, -0.2) is 32.1 Å². The van der Waals surface area contributed by atoms with Gasteiger partial charge in [-0.1, -0.05) is 53.2 Å². The highest BCUT2D eigenvalue weighted by molar-refractivity contribution is 7.99. The summed E-state index contributed by atoms with van der Waals surface area (Å²) >= 11 is 1.33. The van der Waals surface area contributed by atoms with Crippen molar-refractivity contribution in [1.29, 1.82) is 0 Å². The summed E-state index contributed by atoms with van der Waals surface area (Å²) in [6.45, 7) is 9.68. The number of benzene rings is 2. The number of esters is 1. The maximum atomic E-state index is 12.1. The van der Waals surface area contributed by atoms with Crippen LogP contribution in [0.4, 0.5) is 0 Å². The molecule has 0 saturated carbocycles. The Balaban J connectivity index is 1.96. The van der Waals surface area contributed by atoms with Crippen LogP contribution in [0.15, 0.2) is 53.7 Å². The minimum absolute atomic E-state index is 0.176. The predicted molar refractivity (Wildman–Crippen MR) is 113 cm³/mol. The molecule has 0 radical (unpaired) electrons. The molecule has 0 N–H and O–H groups in total. The Bertz CT molecular complexity index is 972. The fourth-order valence-electron chi connectivity index (χ4n) is 2.76. The van der Waals surface area contributed by atoms with Gasteiger partial charge in [0.2, 0.25) is 0 Å². The Hall–Kier alpha value is -2.60. The van der Waals surface area contributed by atoms with Crippen LogP contribution in [-0.2, 0) is 9.53 Å². The average Bonchev–Trinajstić information content (AvgIpc) is 3.03.